The van der Waals surface area contributed by atoms with Gasteiger partial charge in [-0.25, -0.2) is 13.4 Å². The summed E-state index contributed by atoms with van der Waals surface area (Å²) in [6.45, 7) is 6.89. The third-order valence-electron chi connectivity index (χ3n) is 7.97. The van der Waals surface area contributed by atoms with Crippen LogP contribution in [0.25, 0.3) is 10.9 Å². The van der Waals surface area contributed by atoms with E-state index in [1.807, 2.05) is 24.4 Å². The SMILES string of the molecule is COc1cc(C)c(S(=O)(=O)N(Cc2nc(C(=O)N3CCN(Cc4cnc5ccccc5c4)CC3)co2)C2CC2)c(C)c1. The van der Waals surface area contributed by atoms with Gasteiger partial charge in [-0.3, -0.25) is 14.7 Å². The van der Waals surface area contributed by atoms with Crippen molar-refractivity contribution in [3.05, 3.63) is 83.2 Å². The number of hydrogen-bond acceptors (Lipinski definition) is 8. The largest absolute Gasteiger partial charge is 0.497 e. The number of methoxy groups -OCH3 is 1. The Morgan fingerprint density at radius 3 is 2.48 bits per heavy atom. The molecule has 1 saturated heterocycles. The van der Waals surface area contributed by atoms with Crippen molar-refractivity contribution in [3.63, 3.8) is 0 Å². The molecule has 6 rings (SSSR count). The molecule has 1 saturated carbocycles. The van der Waals surface area contributed by atoms with Gasteiger partial charge in [0, 0.05) is 50.3 Å². The molecule has 3 heterocycles. The lowest BCUT2D eigenvalue weighted by Crippen LogP contribution is -2.48. The minimum atomic E-state index is -3.83. The minimum absolute atomic E-state index is 0.0290. The van der Waals surface area contributed by atoms with Gasteiger partial charge < -0.3 is 14.1 Å². The highest BCUT2D eigenvalue weighted by Crippen LogP contribution is 2.36. The number of para-hydroxylation sites is 1. The van der Waals surface area contributed by atoms with Crippen molar-refractivity contribution in [3.8, 4) is 5.75 Å². The van der Waals surface area contributed by atoms with Crippen LogP contribution in [-0.4, -0.2) is 77.7 Å². The number of oxazole rings is 1. The Hall–Kier alpha value is -3.80. The van der Waals surface area contributed by atoms with E-state index in [2.05, 4.69) is 27.0 Å². The average molecular weight is 590 g/mol. The van der Waals surface area contributed by atoms with Crippen LogP contribution in [0.5, 0.6) is 5.75 Å². The summed E-state index contributed by atoms with van der Waals surface area (Å²) < 4.78 is 40.0. The maximum absolute atomic E-state index is 13.8. The molecule has 0 atom stereocenters. The zero-order chi connectivity index (χ0) is 29.4. The molecule has 1 aliphatic carbocycles. The molecule has 0 unspecified atom stereocenters. The number of benzene rings is 2. The van der Waals surface area contributed by atoms with Gasteiger partial charge in [-0.1, -0.05) is 18.2 Å². The van der Waals surface area contributed by atoms with E-state index in [0.29, 0.717) is 30.0 Å². The van der Waals surface area contributed by atoms with Gasteiger partial charge in [-0.05, 0) is 67.6 Å². The van der Waals surface area contributed by atoms with Gasteiger partial charge in [0.1, 0.15) is 12.0 Å². The summed E-state index contributed by atoms with van der Waals surface area (Å²) in [6, 6.07) is 13.6. The van der Waals surface area contributed by atoms with E-state index >= 15 is 0 Å². The topological polar surface area (TPSA) is 109 Å². The van der Waals surface area contributed by atoms with Gasteiger partial charge >= 0.3 is 0 Å². The Bertz CT molecular complexity index is 1700. The number of ether oxygens (including phenoxy) is 1. The Balaban J connectivity index is 1.10. The molecule has 0 bridgehead atoms. The highest BCUT2D eigenvalue weighted by molar-refractivity contribution is 7.89. The van der Waals surface area contributed by atoms with Crippen LogP contribution in [0.1, 0.15) is 45.9 Å². The van der Waals surface area contributed by atoms with E-state index in [1.54, 1.807) is 38.0 Å². The molecule has 11 heteroatoms. The standard InChI is InChI=1S/C31H35N5O5S/c1-21-14-26(40-3)15-22(2)30(21)42(38,39)36(25-8-9-25)19-29-33-28(20-41-29)31(37)35-12-10-34(11-13-35)18-23-16-24-6-4-5-7-27(24)32-17-23/h4-7,14-17,20,25H,8-13,18-19H2,1-3H3. The summed E-state index contributed by atoms with van der Waals surface area (Å²) in [5, 5.41) is 1.12. The molecule has 4 aromatic rings. The number of fused-ring (bicyclic) bond motifs is 1. The van der Waals surface area contributed by atoms with E-state index < -0.39 is 10.0 Å². The Labute approximate surface area is 246 Å². The number of sulfonamides is 1. The molecule has 1 aliphatic heterocycles. The molecule has 0 N–H and O–H groups in total. The smallest absolute Gasteiger partial charge is 0.275 e. The maximum Gasteiger partial charge on any atom is 0.275 e. The fourth-order valence-electron chi connectivity index (χ4n) is 5.67. The summed E-state index contributed by atoms with van der Waals surface area (Å²) in [5.74, 6) is 0.615. The first kappa shape index (κ1) is 28.3. The van der Waals surface area contributed by atoms with Crippen LogP contribution in [0.4, 0.5) is 0 Å². The molecule has 220 valence electrons. The number of carbonyl (C=O) groups excluding carboxylic acids is 1. The third kappa shape index (κ3) is 5.77. The second kappa shape index (κ2) is 11.5. The monoisotopic (exact) mass is 589 g/mol. The quantitative estimate of drug-likeness (QED) is 0.286. The average Bonchev–Trinajstić information content (AvgIpc) is 3.71. The molecule has 42 heavy (non-hydrogen) atoms. The van der Waals surface area contributed by atoms with E-state index in [-0.39, 0.29) is 35.0 Å². The first-order valence-electron chi connectivity index (χ1n) is 14.2. The Morgan fingerprint density at radius 1 is 1.07 bits per heavy atom. The van der Waals surface area contributed by atoms with Crippen LogP contribution < -0.4 is 4.74 Å². The van der Waals surface area contributed by atoms with Gasteiger partial charge in [0.25, 0.3) is 5.91 Å². The number of nitrogens with zero attached hydrogens (tertiary/aromatic N) is 5. The predicted molar refractivity (Wildman–Crippen MR) is 158 cm³/mol. The fourth-order valence-corrected chi connectivity index (χ4v) is 7.72. The maximum atomic E-state index is 13.8. The van der Waals surface area contributed by atoms with Crippen molar-refractivity contribution >= 4 is 26.8 Å². The van der Waals surface area contributed by atoms with Crippen LogP contribution in [0.15, 0.2) is 64.2 Å². The van der Waals surface area contributed by atoms with Crippen molar-refractivity contribution in [2.45, 2.75) is 50.7 Å². The second-order valence-corrected chi connectivity index (χ2v) is 12.9. The predicted octanol–water partition coefficient (Wildman–Crippen LogP) is 4.16. The van der Waals surface area contributed by atoms with Crippen LogP contribution in [0.3, 0.4) is 0 Å². The minimum Gasteiger partial charge on any atom is -0.497 e. The molecular weight excluding hydrogens is 554 g/mol. The normalized spacial score (nSPS) is 16.3. The zero-order valence-electron chi connectivity index (χ0n) is 24.1. The van der Waals surface area contributed by atoms with E-state index in [9.17, 15) is 13.2 Å². The Kier molecular flexibility index (Phi) is 7.73. The number of piperazine rings is 1. The number of amides is 1. The van der Waals surface area contributed by atoms with Crippen LogP contribution >= 0.6 is 0 Å². The molecule has 2 aromatic heterocycles. The van der Waals surface area contributed by atoms with E-state index in [1.165, 1.54) is 10.6 Å². The summed E-state index contributed by atoms with van der Waals surface area (Å²) in [4.78, 5) is 26.6. The van der Waals surface area contributed by atoms with Crippen molar-refractivity contribution < 1.29 is 22.4 Å². The number of rotatable bonds is 9. The number of hydrogen-bond donors (Lipinski definition) is 0. The summed E-state index contributed by atoms with van der Waals surface area (Å²) in [6.07, 6.45) is 4.81. The highest BCUT2D eigenvalue weighted by Gasteiger charge is 2.40. The molecule has 10 nitrogen and oxygen atoms in total. The Morgan fingerprint density at radius 2 is 1.79 bits per heavy atom. The lowest BCUT2D eigenvalue weighted by atomic mass is 10.1. The van der Waals surface area contributed by atoms with Gasteiger partial charge in [-0.2, -0.15) is 4.31 Å². The van der Waals surface area contributed by atoms with E-state index in [0.717, 1.165) is 48.9 Å². The van der Waals surface area contributed by atoms with Gasteiger partial charge in [0.05, 0.1) is 24.1 Å². The van der Waals surface area contributed by atoms with Gasteiger partial charge in [0.2, 0.25) is 15.9 Å². The lowest BCUT2D eigenvalue weighted by Gasteiger charge is -2.34. The summed E-state index contributed by atoms with van der Waals surface area (Å²) in [5.41, 5.74) is 3.56. The molecule has 2 fully saturated rings. The van der Waals surface area contributed by atoms with Gasteiger partial charge in [0.15, 0.2) is 5.69 Å². The number of aromatic nitrogens is 2. The second-order valence-electron chi connectivity index (χ2n) is 11.1. The van der Waals surface area contributed by atoms with Crippen LogP contribution in [-0.2, 0) is 23.1 Å². The molecule has 0 spiro atoms. The molecular formula is C31H35N5O5S. The molecule has 2 aliphatic rings. The van der Waals surface area contributed by atoms with E-state index in [4.69, 9.17) is 9.15 Å². The summed E-state index contributed by atoms with van der Waals surface area (Å²) in [7, 11) is -2.27. The van der Waals surface area contributed by atoms with Crippen molar-refractivity contribution in [2.24, 2.45) is 0 Å². The van der Waals surface area contributed by atoms with Crippen molar-refractivity contribution in [1.29, 1.82) is 0 Å². The van der Waals surface area contributed by atoms with Gasteiger partial charge in [-0.15, -0.1) is 0 Å². The zero-order valence-corrected chi connectivity index (χ0v) is 24.9. The lowest BCUT2D eigenvalue weighted by molar-refractivity contribution is 0.0622. The number of carbonyl (C=O) groups is 1. The molecule has 0 radical (unpaired) electrons. The van der Waals surface area contributed by atoms with Crippen molar-refractivity contribution in [2.75, 3.05) is 33.3 Å². The third-order valence-corrected chi connectivity index (χ3v) is 10.2. The number of pyridine rings is 1. The molecule has 2 aromatic carbocycles. The first-order chi connectivity index (χ1) is 20.2. The summed E-state index contributed by atoms with van der Waals surface area (Å²) >= 11 is 0. The molecule has 1 amide bonds. The van der Waals surface area contributed by atoms with Crippen molar-refractivity contribution in [1.82, 2.24) is 24.1 Å². The highest BCUT2D eigenvalue weighted by atomic mass is 32.2. The number of aryl methyl sites for hydroxylation is 2. The van der Waals surface area contributed by atoms with Crippen LogP contribution in [0, 0.1) is 13.8 Å². The van der Waals surface area contributed by atoms with Crippen LogP contribution in [0.2, 0.25) is 0 Å². The fraction of sp³-hybridized carbons (Fsp3) is 0.387. The first-order valence-corrected chi connectivity index (χ1v) is 15.6.